The second-order valence-corrected chi connectivity index (χ2v) is 7.73. The number of amides is 1. The SMILES string of the molecule is CCNC1CCC(OC(=O)N2CCC(N3CCCCC3)CC2)CC1. The molecule has 5 heteroatoms. The highest BCUT2D eigenvalue weighted by molar-refractivity contribution is 5.68. The Labute approximate surface area is 147 Å². The summed E-state index contributed by atoms with van der Waals surface area (Å²) >= 11 is 0. The van der Waals surface area contributed by atoms with Gasteiger partial charge in [0.1, 0.15) is 6.10 Å². The molecule has 1 N–H and O–H groups in total. The van der Waals surface area contributed by atoms with Crippen LogP contribution in [0.15, 0.2) is 0 Å². The van der Waals surface area contributed by atoms with Gasteiger partial charge in [-0.25, -0.2) is 4.79 Å². The number of likely N-dealkylation sites (tertiary alicyclic amines) is 2. The molecule has 0 aromatic carbocycles. The molecular weight excluding hydrogens is 302 g/mol. The zero-order valence-corrected chi connectivity index (χ0v) is 15.3. The molecule has 3 aliphatic rings. The number of carbonyl (C=O) groups excluding carboxylic acids is 1. The lowest BCUT2D eigenvalue weighted by molar-refractivity contribution is 0.0271. The van der Waals surface area contributed by atoms with Crippen molar-refractivity contribution in [1.82, 2.24) is 15.1 Å². The second kappa shape index (κ2) is 9.04. The highest BCUT2D eigenvalue weighted by atomic mass is 16.6. The molecule has 0 radical (unpaired) electrons. The van der Waals surface area contributed by atoms with Crippen LogP contribution in [0.2, 0.25) is 0 Å². The molecule has 0 aromatic rings. The maximum atomic E-state index is 12.4. The summed E-state index contributed by atoms with van der Waals surface area (Å²) in [5, 5.41) is 3.50. The fourth-order valence-electron chi connectivity index (χ4n) is 4.59. The summed E-state index contributed by atoms with van der Waals surface area (Å²) < 4.78 is 5.78. The van der Waals surface area contributed by atoms with Gasteiger partial charge in [0.2, 0.25) is 0 Å². The summed E-state index contributed by atoms with van der Waals surface area (Å²) in [7, 11) is 0. The van der Waals surface area contributed by atoms with Gasteiger partial charge in [-0.05, 0) is 71.0 Å². The van der Waals surface area contributed by atoms with Crippen molar-refractivity contribution in [3.8, 4) is 0 Å². The molecule has 2 saturated heterocycles. The highest BCUT2D eigenvalue weighted by Gasteiger charge is 2.30. The van der Waals surface area contributed by atoms with E-state index in [9.17, 15) is 4.79 Å². The predicted octanol–water partition coefficient (Wildman–Crippen LogP) is 2.99. The zero-order valence-electron chi connectivity index (χ0n) is 15.3. The Balaban J connectivity index is 1.36. The molecule has 0 atom stereocenters. The van der Waals surface area contributed by atoms with Crippen LogP contribution in [0.1, 0.15) is 64.7 Å². The van der Waals surface area contributed by atoms with Crippen LogP contribution in [0.5, 0.6) is 0 Å². The van der Waals surface area contributed by atoms with E-state index >= 15 is 0 Å². The van der Waals surface area contributed by atoms with Crippen molar-refractivity contribution in [3.63, 3.8) is 0 Å². The van der Waals surface area contributed by atoms with Gasteiger partial charge in [-0.1, -0.05) is 13.3 Å². The molecule has 2 aliphatic heterocycles. The van der Waals surface area contributed by atoms with E-state index in [1.807, 2.05) is 4.90 Å². The molecule has 3 fully saturated rings. The third-order valence-electron chi connectivity index (χ3n) is 6.06. The van der Waals surface area contributed by atoms with Crippen LogP contribution in [0, 0.1) is 0 Å². The standard InChI is InChI=1S/C19H35N3O2/c1-2-20-16-6-8-18(9-7-16)24-19(23)22-14-10-17(11-15-22)21-12-4-3-5-13-21/h16-18,20H,2-15H2,1H3. The normalized spacial score (nSPS) is 30.3. The lowest BCUT2D eigenvalue weighted by atomic mass is 9.93. The van der Waals surface area contributed by atoms with Gasteiger partial charge < -0.3 is 19.9 Å². The summed E-state index contributed by atoms with van der Waals surface area (Å²) in [5.41, 5.74) is 0. The van der Waals surface area contributed by atoms with Crippen molar-refractivity contribution in [2.45, 2.75) is 82.9 Å². The van der Waals surface area contributed by atoms with Crippen molar-refractivity contribution < 1.29 is 9.53 Å². The Bertz CT molecular complexity index is 382. The van der Waals surface area contributed by atoms with E-state index in [0.29, 0.717) is 12.1 Å². The summed E-state index contributed by atoms with van der Waals surface area (Å²) in [6.07, 6.45) is 10.6. The van der Waals surface area contributed by atoms with Gasteiger partial charge in [0.15, 0.2) is 0 Å². The molecule has 5 nitrogen and oxygen atoms in total. The van der Waals surface area contributed by atoms with Crippen molar-refractivity contribution in [2.75, 3.05) is 32.7 Å². The average Bonchev–Trinajstić information content (AvgIpc) is 2.64. The monoisotopic (exact) mass is 337 g/mol. The molecule has 0 unspecified atom stereocenters. The number of carbonyl (C=O) groups is 1. The maximum absolute atomic E-state index is 12.4. The van der Waals surface area contributed by atoms with Gasteiger partial charge in [-0.3, -0.25) is 0 Å². The average molecular weight is 338 g/mol. The van der Waals surface area contributed by atoms with Crippen LogP contribution in [0.25, 0.3) is 0 Å². The van der Waals surface area contributed by atoms with Gasteiger partial charge in [-0.15, -0.1) is 0 Å². The molecule has 24 heavy (non-hydrogen) atoms. The van der Waals surface area contributed by atoms with Crippen molar-refractivity contribution in [1.29, 1.82) is 0 Å². The number of ether oxygens (including phenoxy) is 1. The van der Waals surface area contributed by atoms with E-state index in [1.54, 1.807) is 0 Å². The lowest BCUT2D eigenvalue weighted by Gasteiger charge is -2.40. The second-order valence-electron chi connectivity index (χ2n) is 7.73. The molecule has 1 amide bonds. The maximum Gasteiger partial charge on any atom is 0.410 e. The molecule has 0 bridgehead atoms. The van der Waals surface area contributed by atoms with Crippen molar-refractivity contribution in [2.24, 2.45) is 0 Å². The van der Waals surface area contributed by atoms with E-state index in [2.05, 4.69) is 17.1 Å². The molecule has 0 aromatic heterocycles. The highest BCUT2D eigenvalue weighted by Crippen LogP contribution is 2.24. The fraction of sp³-hybridized carbons (Fsp3) is 0.947. The number of piperidine rings is 2. The topological polar surface area (TPSA) is 44.8 Å². The van der Waals surface area contributed by atoms with E-state index in [-0.39, 0.29) is 12.2 Å². The van der Waals surface area contributed by atoms with Crippen LogP contribution >= 0.6 is 0 Å². The molecule has 2 heterocycles. The predicted molar refractivity (Wildman–Crippen MR) is 96.2 cm³/mol. The van der Waals surface area contributed by atoms with Gasteiger partial charge in [0.25, 0.3) is 0 Å². The van der Waals surface area contributed by atoms with E-state index in [0.717, 1.165) is 58.2 Å². The Kier molecular flexibility index (Phi) is 6.78. The van der Waals surface area contributed by atoms with Gasteiger partial charge in [0, 0.05) is 25.2 Å². The third kappa shape index (κ3) is 4.85. The van der Waals surface area contributed by atoms with Crippen LogP contribution in [0.3, 0.4) is 0 Å². The smallest absolute Gasteiger partial charge is 0.410 e. The Morgan fingerprint density at radius 3 is 2.25 bits per heavy atom. The summed E-state index contributed by atoms with van der Waals surface area (Å²) in [5.74, 6) is 0. The molecule has 0 spiro atoms. The lowest BCUT2D eigenvalue weighted by Crippen LogP contribution is -2.49. The Hall–Kier alpha value is -0.810. The number of nitrogens with zero attached hydrogens (tertiary/aromatic N) is 2. The summed E-state index contributed by atoms with van der Waals surface area (Å²) in [6, 6.07) is 1.30. The number of rotatable bonds is 4. The first-order valence-electron chi connectivity index (χ1n) is 10.2. The van der Waals surface area contributed by atoms with Crippen molar-refractivity contribution >= 4 is 6.09 Å². The van der Waals surface area contributed by atoms with Gasteiger partial charge >= 0.3 is 6.09 Å². The van der Waals surface area contributed by atoms with Crippen LogP contribution in [-0.4, -0.2) is 66.8 Å². The largest absolute Gasteiger partial charge is 0.446 e. The molecule has 1 aliphatic carbocycles. The minimum atomic E-state index is -0.0704. The minimum Gasteiger partial charge on any atom is -0.446 e. The van der Waals surface area contributed by atoms with Crippen LogP contribution in [-0.2, 0) is 4.74 Å². The van der Waals surface area contributed by atoms with Crippen LogP contribution in [0.4, 0.5) is 4.79 Å². The first-order chi connectivity index (χ1) is 11.8. The molecular formula is C19H35N3O2. The van der Waals surface area contributed by atoms with E-state index in [1.165, 1.54) is 32.4 Å². The fourth-order valence-corrected chi connectivity index (χ4v) is 4.59. The minimum absolute atomic E-state index is 0.0704. The number of hydrogen-bond donors (Lipinski definition) is 1. The van der Waals surface area contributed by atoms with Gasteiger partial charge in [-0.2, -0.15) is 0 Å². The summed E-state index contributed by atoms with van der Waals surface area (Å²) in [6.45, 7) is 7.43. The van der Waals surface area contributed by atoms with E-state index < -0.39 is 0 Å². The Morgan fingerprint density at radius 1 is 0.958 bits per heavy atom. The molecule has 1 saturated carbocycles. The first-order valence-corrected chi connectivity index (χ1v) is 10.2. The Morgan fingerprint density at radius 2 is 1.62 bits per heavy atom. The van der Waals surface area contributed by atoms with Crippen molar-refractivity contribution in [3.05, 3.63) is 0 Å². The third-order valence-corrected chi connectivity index (χ3v) is 6.06. The number of nitrogens with one attached hydrogen (secondary N) is 1. The quantitative estimate of drug-likeness (QED) is 0.856. The van der Waals surface area contributed by atoms with Gasteiger partial charge in [0.05, 0.1) is 0 Å². The molecule has 3 rings (SSSR count). The van der Waals surface area contributed by atoms with E-state index in [4.69, 9.17) is 4.74 Å². The zero-order chi connectivity index (χ0) is 16.8. The summed E-state index contributed by atoms with van der Waals surface area (Å²) in [4.78, 5) is 17.0. The molecule has 138 valence electrons. The van der Waals surface area contributed by atoms with Crippen LogP contribution < -0.4 is 5.32 Å². The first kappa shape index (κ1) is 18.0. The number of hydrogen-bond acceptors (Lipinski definition) is 4.